The van der Waals surface area contributed by atoms with Gasteiger partial charge < -0.3 is 26.0 Å². The molecule has 4 rings (SSSR count). The monoisotopic (exact) mass is 437 g/mol. The Bertz CT molecular complexity index is 963. The fourth-order valence-electron chi connectivity index (χ4n) is 4.16. The van der Waals surface area contributed by atoms with Gasteiger partial charge >= 0.3 is 0 Å². The number of amidine groups is 1. The lowest BCUT2D eigenvalue weighted by atomic mass is 10.1. The fraction of sp³-hybridized carbons (Fsp3) is 0.458. The summed E-state index contributed by atoms with van der Waals surface area (Å²) < 4.78 is 5.75. The summed E-state index contributed by atoms with van der Waals surface area (Å²) in [5.41, 5.74) is 9.55. The number of aliphatic hydroxyl groups is 2. The molecule has 8 heteroatoms. The molecule has 3 atom stereocenters. The van der Waals surface area contributed by atoms with Crippen LogP contribution in [0.4, 0.5) is 11.5 Å². The molecular weight excluding hydrogens is 406 g/mol. The lowest BCUT2D eigenvalue weighted by molar-refractivity contribution is -0.0105. The van der Waals surface area contributed by atoms with E-state index in [4.69, 9.17) is 15.5 Å². The van der Waals surface area contributed by atoms with Gasteiger partial charge in [0.2, 0.25) is 0 Å². The number of nitrogen functional groups attached to an aromatic ring is 1. The summed E-state index contributed by atoms with van der Waals surface area (Å²) in [6, 6.07) is 10.6. The van der Waals surface area contributed by atoms with Crippen molar-refractivity contribution in [3.63, 3.8) is 0 Å². The van der Waals surface area contributed by atoms with Crippen LogP contribution in [0.1, 0.15) is 43.4 Å². The van der Waals surface area contributed by atoms with Crippen LogP contribution in [0.2, 0.25) is 0 Å². The first-order valence-corrected chi connectivity index (χ1v) is 11.3. The number of unbranched alkanes of at least 4 members (excludes halogenated alkanes) is 3. The number of fused-ring (bicyclic) bond motifs is 1. The summed E-state index contributed by atoms with van der Waals surface area (Å²) in [4.78, 5) is 13.2. The zero-order chi connectivity index (χ0) is 22.3. The molecule has 0 bridgehead atoms. The largest absolute Gasteiger partial charge is 0.394 e. The van der Waals surface area contributed by atoms with E-state index in [2.05, 4.69) is 39.6 Å². The van der Waals surface area contributed by atoms with Crippen molar-refractivity contribution in [1.29, 1.82) is 0 Å². The zero-order valence-electron chi connectivity index (χ0n) is 18.2. The second-order valence-corrected chi connectivity index (χ2v) is 8.27. The van der Waals surface area contributed by atoms with Crippen molar-refractivity contribution in [2.24, 2.45) is 4.99 Å². The van der Waals surface area contributed by atoms with Crippen LogP contribution in [0.5, 0.6) is 0 Å². The molecule has 1 fully saturated rings. The smallest absolute Gasteiger partial charge is 0.151 e. The highest BCUT2D eigenvalue weighted by atomic mass is 16.5. The topological polar surface area (TPSA) is 126 Å². The van der Waals surface area contributed by atoms with E-state index in [1.807, 2.05) is 12.1 Å². The average molecular weight is 438 g/mol. The van der Waals surface area contributed by atoms with Crippen LogP contribution in [-0.2, 0) is 11.2 Å². The Morgan fingerprint density at radius 2 is 1.97 bits per heavy atom. The summed E-state index contributed by atoms with van der Waals surface area (Å²) in [6.07, 6.45) is 7.73. The van der Waals surface area contributed by atoms with Gasteiger partial charge in [-0.2, -0.15) is 0 Å². The molecule has 2 unspecified atom stereocenters. The molecule has 1 aromatic heterocycles. The van der Waals surface area contributed by atoms with Crippen molar-refractivity contribution in [3.8, 4) is 0 Å². The van der Waals surface area contributed by atoms with Gasteiger partial charge in [-0.15, -0.1) is 0 Å². The van der Waals surface area contributed by atoms with Gasteiger partial charge in [0.15, 0.2) is 5.82 Å². The number of nitrogens with two attached hydrogens (primary N) is 1. The highest BCUT2D eigenvalue weighted by molar-refractivity contribution is 6.34. The molecule has 8 nitrogen and oxygen atoms in total. The quantitative estimate of drug-likeness (QED) is 0.444. The van der Waals surface area contributed by atoms with Crippen LogP contribution < -0.4 is 11.1 Å². The molecule has 3 heterocycles. The van der Waals surface area contributed by atoms with Gasteiger partial charge in [-0.3, -0.25) is 4.99 Å². The molecule has 0 radical (unpaired) electrons. The van der Waals surface area contributed by atoms with Crippen molar-refractivity contribution in [3.05, 3.63) is 54.0 Å². The van der Waals surface area contributed by atoms with Gasteiger partial charge in [-0.25, -0.2) is 9.97 Å². The maximum absolute atomic E-state index is 10.0. The van der Waals surface area contributed by atoms with Crippen molar-refractivity contribution in [1.82, 2.24) is 9.97 Å². The zero-order valence-corrected chi connectivity index (χ0v) is 18.2. The number of aryl methyl sites for hydroxylation is 1. The number of hydrogen-bond donors (Lipinski definition) is 4. The molecule has 2 aliphatic heterocycles. The molecule has 1 aromatic carbocycles. The number of aromatic nitrogens is 2. The van der Waals surface area contributed by atoms with Gasteiger partial charge in [-0.05, 0) is 30.9 Å². The molecule has 2 aromatic rings. The lowest BCUT2D eigenvalue weighted by Gasteiger charge is -2.10. The number of nitrogens with one attached hydrogen (secondary N) is 1. The second kappa shape index (κ2) is 10.7. The number of hydrogen-bond acceptors (Lipinski definition) is 7. The van der Waals surface area contributed by atoms with Crippen LogP contribution >= 0.6 is 0 Å². The van der Waals surface area contributed by atoms with E-state index in [0.717, 1.165) is 24.8 Å². The number of benzene rings is 1. The number of nitrogens with zero attached hydrogens (tertiary/aromatic N) is 3. The maximum atomic E-state index is 10.0. The van der Waals surface area contributed by atoms with Gasteiger partial charge in [0.25, 0.3) is 0 Å². The van der Waals surface area contributed by atoms with E-state index in [1.54, 1.807) is 0 Å². The fourth-order valence-corrected chi connectivity index (χ4v) is 4.16. The first-order valence-electron chi connectivity index (χ1n) is 11.3. The predicted molar refractivity (Wildman–Crippen MR) is 125 cm³/mol. The number of ether oxygens (including phenoxy) is 1. The highest BCUT2D eigenvalue weighted by Crippen LogP contribution is 2.35. The van der Waals surface area contributed by atoms with Crippen molar-refractivity contribution in [2.75, 3.05) is 24.2 Å². The van der Waals surface area contributed by atoms with Crippen LogP contribution in [0.3, 0.4) is 0 Å². The van der Waals surface area contributed by atoms with E-state index < -0.39 is 12.2 Å². The number of rotatable bonds is 9. The second-order valence-electron chi connectivity index (χ2n) is 8.27. The minimum Gasteiger partial charge on any atom is -0.394 e. The Morgan fingerprint density at radius 1 is 1.16 bits per heavy atom. The molecule has 0 spiro atoms. The van der Waals surface area contributed by atoms with Gasteiger partial charge in [0, 0.05) is 18.5 Å². The Morgan fingerprint density at radius 3 is 2.75 bits per heavy atom. The summed E-state index contributed by atoms with van der Waals surface area (Å²) in [6.45, 7) is 0.482. The van der Waals surface area contributed by atoms with Crippen LogP contribution in [0.15, 0.2) is 47.7 Å². The molecule has 0 amide bonds. The predicted octanol–water partition coefficient (Wildman–Crippen LogP) is 2.58. The van der Waals surface area contributed by atoms with E-state index >= 15 is 0 Å². The van der Waals surface area contributed by atoms with E-state index in [-0.39, 0.29) is 12.7 Å². The highest BCUT2D eigenvalue weighted by Gasteiger charge is 2.34. The Kier molecular flexibility index (Phi) is 7.47. The van der Waals surface area contributed by atoms with Crippen LogP contribution in [-0.4, -0.2) is 57.5 Å². The molecular formula is C24H31N5O3. The minimum absolute atomic E-state index is 0.212. The van der Waals surface area contributed by atoms with Crippen molar-refractivity contribution < 1.29 is 14.9 Å². The van der Waals surface area contributed by atoms with Gasteiger partial charge in [-0.1, -0.05) is 43.2 Å². The molecule has 0 aliphatic carbocycles. The summed E-state index contributed by atoms with van der Waals surface area (Å²) in [5.74, 6) is 1.06. The Hall–Kier alpha value is -2.81. The number of anilines is 2. The normalized spacial score (nSPS) is 24.8. The first-order chi connectivity index (χ1) is 15.7. The molecule has 2 aliphatic rings. The first kappa shape index (κ1) is 22.4. The number of aliphatic imine (C=N–C) groups is 1. The summed E-state index contributed by atoms with van der Waals surface area (Å²) >= 11 is 0. The van der Waals surface area contributed by atoms with E-state index in [1.165, 1.54) is 24.7 Å². The SMILES string of the molecule is Nc1ncnc2c1NC(=NCCCCCCc1ccccc1)C2=CC1C[C@H](O)C(CO)O1. The van der Waals surface area contributed by atoms with Crippen LogP contribution in [0, 0.1) is 0 Å². The molecule has 5 N–H and O–H groups in total. The molecule has 170 valence electrons. The van der Waals surface area contributed by atoms with E-state index in [9.17, 15) is 10.2 Å². The van der Waals surface area contributed by atoms with Crippen LogP contribution in [0.25, 0.3) is 5.57 Å². The minimum atomic E-state index is -0.692. The Labute approximate surface area is 188 Å². The average Bonchev–Trinajstić information content (AvgIpc) is 3.34. The van der Waals surface area contributed by atoms with Gasteiger partial charge in [0.1, 0.15) is 29.6 Å². The molecule has 32 heavy (non-hydrogen) atoms. The third kappa shape index (κ3) is 5.32. The molecule has 0 saturated carbocycles. The van der Waals surface area contributed by atoms with Gasteiger partial charge in [0.05, 0.1) is 18.8 Å². The van der Waals surface area contributed by atoms with Crippen molar-refractivity contribution in [2.45, 2.75) is 56.8 Å². The maximum Gasteiger partial charge on any atom is 0.151 e. The van der Waals surface area contributed by atoms with Crippen molar-refractivity contribution >= 4 is 22.9 Å². The molecule has 1 saturated heterocycles. The third-order valence-corrected chi connectivity index (χ3v) is 5.90. The lowest BCUT2D eigenvalue weighted by Crippen LogP contribution is -2.24. The Balaban J connectivity index is 1.35. The third-order valence-electron chi connectivity index (χ3n) is 5.90. The summed E-state index contributed by atoms with van der Waals surface area (Å²) in [5, 5.41) is 22.7. The van der Waals surface area contributed by atoms with E-state index in [0.29, 0.717) is 36.0 Å². The number of aliphatic hydroxyl groups excluding tert-OH is 2. The standard InChI is InChI=1S/C24H31N5O3/c25-23-22-21(27-15-28-23)18(12-17-13-19(31)20(14-30)32-17)24(29-22)26-11-7-2-1-4-8-16-9-5-3-6-10-16/h3,5-6,9-10,12,15,17,19-20,30-31H,1-2,4,7-8,11,13-14H2,(H,26,29)(H2,25,27,28)/t17?,19-,20?/m0/s1. The summed E-state index contributed by atoms with van der Waals surface area (Å²) in [7, 11) is 0.